The monoisotopic (exact) mass is 498 g/mol. The van der Waals surface area contributed by atoms with Crippen LogP contribution in [0.25, 0.3) is 0 Å². The van der Waals surface area contributed by atoms with E-state index in [1.807, 2.05) is 53.7 Å². The summed E-state index contributed by atoms with van der Waals surface area (Å²) in [6.45, 7) is 25.2. The molecule has 2 atom stereocenters. The topological polar surface area (TPSA) is 36.9 Å². The van der Waals surface area contributed by atoms with Crippen LogP contribution in [0, 0.1) is 0 Å². The molecule has 0 fully saturated rings. The maximum atomic E-state index is 6.38. The van der Waals surface area contributed by atoms with E-state index in [1.165, 1.54) is 11.1 Å². The van der Waals surface area contributed by atoms with Gasteiger partial charge in [0.05, 0.1) is 11.2 Å². The molecule has 0 saturated heterocycles. The second-order valence-electron chi connectivity index (χ2n) is 13.5. The molecule has 0 saturated carbocycles. The predicted molar refractivity (Wildman–Crippen MR) is 149 cm³/mol. The average molecular weight is 499 g/mol. The molecule has 0 aliphatic rings. The highest BCUT2D eigenvalue weighted by molar-refractivity contribution is 5.29. The quantitative estimate of drug-likeness (QED) is 0.229. The van der Waals surface area contributed by atoms with Crippen LogP contribution in [-0.2, 0) is 30.4 Å². The molecule has 0 heterocycles. The Kier molecular flexibility index (Phi) is 9.28. The lowest BCUT2D eigenvalue weighted by atomic mass is 9.64. The Morgan fingerprint density at radius 1 is 0.417 bits per heavy atom. The van der Waals surface area contributed by atoms with Gasteiger partial charge >= 0.3 is 0 Å². The van der Waals surface area contributed by atoms with Crippen molar-refractivity contribution in [1.29, 1.82) is 0 Å². The van der Waals surface area contributed by atoms with Gasteiger partial charge in [-0.05, 0) is 79.4 Å². The van der Waals surface area contributed by atoms with Gasteiger partial charge in [0, 0.05) is 10.8 Å². The van der Waals surface area contributed by atoms with Crippen LogP contribution in [0.15, 0.2) is 60.7 Å². The molecule has 0 N–H and O–H groups in total. The lowest BCUT2D eigenvalue weighted by molar-refractivity contribution is -0.426. The molecule has 0 bridgehead atoms. The second-order valence-corrected chi connectivity index (χ2v) is 13.5. The van der Waals surface area contributed by atoms with E-state index in [1.54, 1.807) is 0 Å². The van der Waals surface area contributed by atoms with Crippen molar-refractivity contribution in [1.82, 2.24) is 0 Å². The molecular formula is C32H50O4. The van der Waals surface area contributed by atoms with Crippen molar-refractivity contribution in [3.63, 3.8) is 0 Å². The summed E-state index contributed by atoms with van der Waals surface area (Å²) in [5.41, 5.74) is -0.480. The molecule has 0 aromatic heterocycles. The molecule has 202 valence electrons. The number of hydrogen-bond acceptors (Lipinski definition) is 4. The molecule has 2 aromatic carbocycles. The normalized spacial score (nSPS) is 16.9. The van der Waals surface area contributed by atoms with E-state index in [-0.39, 0.29) is 10.8 Å². The van der Waals surface area contributed by atoms with Crippen molar-refractivity contribution >= 4 is 0 Å². The molecular weight excluding hydrogens is 448 g/mol. The fourth-order valence-corrected chi connectivity index (χ4v) is 4.15. The van der Waals surface area contributed by atoms with Gasteiger partial charge in [-0.1, -0.05) is 88.4 Å². The summed E-state index contributed by atoms with van der Waals surface area (Å²) in [6, 6.07) is 21.0. The molecule has 36 heavy (non-hydrogen) atoms. The first kappa shape index (κ1) is 30.5. The van der Waals surface area contributed by atoms with Crippen molar-refractivity contribution in [3.8, 4) is 0 Å². The molecule has 0 radical (unpaired) electrons. The van der Waals surface area contributed by atoms with Crippen molar-refractivity contribution < 1.29 is 19.6 Å². The highest BCUT2D eigenvalue weighted by atomic mass is 17.2. The second kappa shape index (κ2) is 10.9. The molecule has 0 aliphatic heterocycles. The van der Waals surface area contributed by atoms with Gasteiger partial charge in [-0.2, -0.15) is 0 Å². The van der Waals surface area contributed by atoms with Crippen LogP contribution >= 0.6 is 0 Å². The van der Waals surface area contributed by atoms with Gasteiger partial charge in [0.2, 0.25) is 0 Å². The molecule has 0 aliphatic carbocycles. The van der Waals surface area contributed by atoms with Crippen LogP contribution in [0.3, 0.4) is 0 Å². The Hall–Kier alpha value is -1.72. The SMILES string of the molecule is CC(C)(C)OOC(C)(CCC(C)(OOC(C)(C)C)C(C)(C)c1ccccc1)C(C)(C)c1ccccc1. The van der Waals surface area contributed by atoms with E-state index in [0.717, 1.165) is 0 Å². The number of benzene rings is 2. The van der Waals surface area contributed by atoms with Crippen LogP contribution in [0.4, 0.5) is 0 Å². The summed E-state index contributed by atoms with van der Waals surface area (Å²) >= 11 is 0. The van der Waals surface area contributed by atoms with Crippen molar-refractivity contribution in [2.75, 3.05) is 0 Å². The molecule has 2 rings (SSSR count). The Balaban J connectivity index is 2.49. The van der Waals surface area contributed by atoms with E-state index in [2.05, 4.69) is 90.1 Å². The molecule has 2 unspecified atom stereocenters. The van der Waals surface area contributed by atoms with Crippen LogP contribution in [0.1, 0.15) is 107 Å². The highest BCUT2D eigenvalue weighted by Gasteiger charge is 2.51. The van der Waals surface area contributed by atoms with E-state index < -0.39 is 22.4 Å². The van der Waals surface area contributed by atoms with E-state index in [0.29, 0.717) is 12.8 Å². The summed E-state index contributed by atoms with van der Waals surface area (Å²) in [4.78, 5) is 24.7. The van der Waals surface area contributed by atoms with Gasteiger partial charge in [-0.15, -0.1) is 0 Å². The van der Waals surface area contributed by atoms with Gasteiger partial charge in [0.1, 0.15) is 11.2 Å². The first-order chi connectivity index (χ1) is 16.3. The van der Waals surface area contributed by atoms with Crippen molar-refractivity contribution in [2.24, 2.45) is 0 Å². The van der Waals surface area contributed by atoms with Gasteiger partial charge in [0.15, 0.2) is 0 Å². The third-order valence-corrected chi connectivity index (χ3v) is 7.67. The maximum Gasteiger partial charge on any atom is 0.110 e. The predicted octanol–water partition coefficient (Wildman–Crippen LogP) is 8.73. The van der Waals surface area contributed by atoms with E-state index in [4.69, 9.17) is 19.6 Å². The van der Waals surface area contributed by atoms with Gasteiger partial charge in [-0.3, -0.25) is 0 Å². The summed E-state index contributed by atoms with van der Waals surface area (Å²) in [6.07, 6.45) is 1.37. The largest absolute Gasteiger partial charge is 0.230 e. The smallest absolute Gasteiger partial charge is 0.110 e. The Morgan fingerprint density at radius 3 is 0.944 bits per heavy atom. The highest BCUT2D eigenvalue weighted by Crippen LogP contribution is 2.47. The number of rotatable bonds is 11. The van der Waals surface area contributed by atoms with E-state index >= 15 is 0 Å². The summed E-state index contributed by atoms with van der Waals surface area (Å²) in [5.74, 6) is 0. The summed E-state index contributed by atoms with van der Waals surface area (Å²) in [5, 5.41) is 0. The fourth-order valence-electron chi connectivity index (χ4n) is 4.15. The summed E-state index contributed by atoms with van der Waals surface area (Å²) < 4.78 is 0. The maximum absolute atomic E-state index is 6.38. The van der Waals surface area contributed by atoms with Crippen LogP contribution in [0.5, 0.6) is 0 Å². The minimum atomic E-state index is -0.652. The number of hydrogen-bond donors (Lipinski definition) is 0. The van der Waals surface area contributed by atoms with Gasteiger partial charge in [0.25, 0.3) is 0 Å². The lowest BCUT2D eigenvalue weighted by Gasteiger charge is -2.49. The standard InChI is InChI=1S/C32H50O4/c1-27(2,3)33-35-31(11,29(7,8)25-19-15-13-16-20-25)23-24-32(12,36-34-28(4,5)6)30(9,10)26-21-17-14-18-22-26/h13-22H,23-24H2,1-12H3. The fraction of sp³-hybridized carbons (Fsp3) is 0.625. The minimum absolute atomic E-state index is 0.345. The average Bonchev–Trinajstić information content (AvgIpc) is 2.80. The van der Waals surface area contributed by atoms with Gasteiger partial charge in [-0.25, -0.2) is 19.6 Å². The molecule has 4 nitrogen and oxygen atoms in total. The third kappa shape index (κ3) is 7.41. The van der Waals surface area contributed by atoms with E-state index in [9.17, 15) is 0 Å². The molecule has 0 amide bonds. The molecule has 0 spiro atoms. The zero-order valence-corrected chi connectivity index (χ0v) is 24.8. The van der Waals surface area contributed by atoms with Crippen molar-refractivity contribution in [2.45, 2.75) is 129 Å². The van der Waals surface area contributed by atoms with Crippen molar-refractivity contribution in [3.05, 3.63) is 71.8 Å². The Morgan fingerprint density at radius 2 is 0.694 bits per heavy atom. The minimum Gasteiger partial charge on any atom is -0.230 e. The van der Waals surface area contributed by atoms with Crippen LogP contribution in [-0.4, -0.2) is 22.4 Å². The Bertz CT molecular complexity index is 858. The first-order valence-corrected chi connectivity index (χ1v) is 13.2. The molecule has 2 aromatic rings. The zero-order valence-electron chi connectivity index (χ0n) is 24.8. The lowest BCUT2D eigenvalue weighted by Crippen LogP contribution is -2.53. The van der Waals surface area contributed by atoms with Crippen LogP contribution < -0.4 is 0 Å². The third-order valence-electron chi connectivity index (χ3n) is 7.67. The van der Waals surface area contributed by atoms with Crippen LogP contribution in [0.2, 0.25) is 0 Å². The first-order valence-electron chi connectivity index (χ1n) is 13.2. The Labute approximate surface area is 220 Å². The van der Waals surface area contributed by atoms with Gasteiger partial charge < -0.3 is 0 Å². The summed E-state index contributed by atoms with van der Waals surface area (Å²) in [7, 11) is 0. The zero-order chi connectivity index (χ0) is 27.5. The molecule has 4 heteroatoms.